The second-order valence-corrected chi connectivity index (χ2v) is 7.69. The molecule has 33 heavy (non-hydrogen) atoms. The fourth-order valence-electron chi connectivity index (χ4n) is 4.02. The van der Waals surface area contributed by atoms with Crippen molar-refractivity contribution in [3.63, 3.8) is 0 Å². The molecule has 166 valence electrons. The first-order valence-electron chi connectivity index (χ1n) is 9.99. The number of amides is 3. The van der Waals surface area contributed by atoms with Crippen LogP contribution in [0.5, 0.6) is 0 Å². The largest absolute Gasteiger partial charge is 0.356 e. The van der Waals surface area contributed by atoms with Crippen LogP contribution in [-0.2, 0) is 17.8 Å². The molecule has 0 saturated carbocycles. The fourth-order valence-corrected chi connectivity index (χ4v) is 4.02. The molecule has 0 bridgehead atoms. The third kappa shape index (κ3) is 3.43. The zero-order valence-corrected chi connectivity index (χ0v) is 17.0. The number of benzene rings is 2. The van der Waals surface area contributed by atoms with E-state index in [1.165, 1.54) is 23.1 Å². The Morgan fingerprint density at radius 3 is 2.58 bits per heavy atom. The number of aromatic nitrogens is 1. The number of rotatable bonds is 4. The van der Waals surface area contributed by atoms with E-state index in [-0.39, 0.29) is 23.4 Å². The molecule has 0 radical (unpaired) electrons. The molecule has 0 aliphatic carbocycles. The van der Waals surface area contributed by atoms with Crippen LogP contribution in [0.2, 0.25) is 0 Å². The Labute approximate surface area is 185 Å². The highest BCUT2D eigenvalue weighted by molar-refractivity contribution is 6.22. The summed E-state index contributed by atoms with van der Waals surface area (Å²) < 4.78 is 18.7. The van der Waals surface area contributed by atoms with E-state index < -0.39 is 35.0 Å². The van der Waals surface area contributed by atoms with Crippen molar-refractivity contribution in [1.82, 2.24) is 15.0 Å². The Kier molecular flexibility index (Phi) is 4.73. The van der Waals surface area contributed by atoms with Gasteiger partial charge in [0, 0.05) is 36.2 Å². The van der Waals surface area contributed by atoms with Gasteiger partial charge in [0.2, 0.25) is 5.91 Å². The molecule has 0 atom stereocenters. The zero-order chi connectivity index (χ0) is 23.3. The van der Waals surface area contributed by atoms with Crippen LogP contribution in [-0.4, -0.2) is 50.7 Å². The molecule has 2 aromatic carbocycles. The van der Waals surface area contributed by atoms with E-state index in [0.717, 1.165) is 17.0 Å². The summed E-state index contributed by atoms with van der Waals surface area (Å²) in [6.45, 7) is -0.0263. The molecule has 0 unspecified atom stereocenters. The van der Waals surface area contributed by atoms with Gasteiger partial charge in [-0.25, -0.2) is 4.39 Å². The number of nitro groups is 1. The lowest BCUT2D eigenvalue weighted by atomic mass is 10.0. The lowest BCUT2D eigenvalue weighted by molar-refractivity contribution is -0.384. The van der Waals surface area contributed by atoms with Crippen molar-refractivity contribution in [2.75, 3.05) is 13.1 Å². The molecule has 0 saturated heterocycles. The van der Waals surface area contributed by atoms with Gasteiger partial charge in [0.15, 0.2) is 5.76 Å². The van der Waals surface area contributed by atoms with E-state index >= 15 is 0 Å². The Hall–Kier alpha value is -4.41. The van der Waals surface area contributed by atoms with Crippen molar-refractivity contribution in [2.45, 2.75) is 13.0 Å². The maximum atomic E-state index is 13.3. The number of hydrogen-bond acceptors (Lipinski definition) is 7. The van der Waals surface area contributed by atoms with Gasteiger partial charge in [0.1, 0.15) is 12.4 Å². The minimum atomic E-state index is -0.748. The van der Waals surface area contributed by atoms with Crippen LogP contribution in [0.3, 0.4) is 0 Å². The van der Waals surface area contributed by atoms with Gasteiger partial charge < -0.3 is 9.42 Å². The van der Waals surface area contributed by atoms with Crippen molar-refractivity contribution in [3.8, 4) is 11.3 Å². The monoisotopic (exact) mass is 450 g/mol. The van der Waals surface area contributed by atoms with E-state index in [1.807, 2.05) is 0 Å². The minimum absolute atomic E-state index is 0.0250. The van der Waals surface area contributed by atoms with E-state index in [2.05, 4.69) is 5.16 Å². The first-order valence-corrected chi connectivity index (χ1v) is 9.99. The number of carbonyl (C=O) groups is 3. The Morgan fingerprint density at radius 2 is 1.85 bits per heavy atom. The summed E-state index contributed by atoms with van der Waals surface area (Å²) in [5.74, 6) is -1.85. The van der Waals surface area contributed by atoms with Crippen LogP contribution >= 0.6 is 0 Å². The lowest BCUT2D eigenvalue weighted by Gasteiger charge is -2.28. The van der Waals surface area contributed by atoms with E-state index in [9.17, 15) is 28.9 Å². The minimum Gasteiger partial charge on any atom is -0.356 e. The van der Waals surface area contributed by atoms with Gasteiger partial charge in [-0.2, -0.15) is 0 Å². The highest BCUT2D eigenvalue weighted by Gasteiger charge is 2.39. The zero-order valence-electron chi connectivity index (χ0n) is 17.0. The van der Waals surface area contributed by atoms with Gasteiger partial charge in [0.05, 0.1) is 28.3 Å². The van der Waals surface area contributed by atoms with Crippen molar-refractivity contribution in [1.29, 1.82) is 0 Å². The molecule has 5 rings (SSSR count). The number of nitrogens with zero attached hydrogens (tertiary/aromatic N) is 4. The summed E-state index contributed by atoms with van der Waals surface area (Å²) >= 11 is 0. The number of halogens is 1. The van der Waals surface area contributed by atoms with Gasteiger partial charge >= 0.3 is 0 Å². The number of hydrogen-bond donors (Lipinski definition) is 0. The van der Waals surface area contributed by atoms with Gasteiger partial charge in [-0.1, -0.05) is 5.16 Å². The Bertz CT molecular complexity index is 1330. The number of non-ortho nitro benzene ring substituents is 1. The predicted octanol–water partition coefficient (Wildman–Crippen LogP) is 2.57. The molecule has 0 fully saturated rings. The Balaban J connectivity index is 1.34. The number of nitro benzene ring substituents is 1. The van der Waals surface area contributed by atoms with Crippen LogP contribution in [0.15, 0.2) is 47.0 Å². The quantitative estimate of drug-likeness (QED) is 0.340. The van der Waals surface area contributed by atoms with E-state index in [0.29, 0.717) is 35.5 Å². The van der Waals surface area contributed by atoms with E-state index in [1.54, 1.807) is 12.1 Å². The van der Waals surface area contributed by atoms with Crippen molar-refractivity contribution in [3.05, 3.63) is 80.8 Å². The topological polar surface area (TPSA) is 127 Å². The first-order chi connectivity index (χ1) is 15.8. The SMILES string of the molecule is O=C(CN1C(=O)c2ccc([N+](=O)[O-])cc2C1=O)N1CCc2noc(-c3ccc(F)cc3)c2C1. The lowest BCUT2D eigenvalue weighted by Crippen LogP contribution is -2.44. The third-order valence-corrected chi connectivity index (χ3v) is 5.75. The average Bonchev–Trinajstić information content (AvgIpc) is 3.34. The molecule has 2 aliphatic rings. The summed E-state index contributed by atoms with van der Waals surface area (Å²) in [6.07, 6.45) is 0.417. The number of fused-ring (bicyclic) bond motifs is 2. The smallest absolute Gasteiger partial charge is 0.270 e. The molecule has 10 nitrogen and oxygen atoms in total. The molecule has 2 aliphatic heterocycles. The fraction of sp³-hybridized carbons (Fsp3) is 0.182. The van der Waals surface area contributed by atoms with Crippen LogP contribution in [0.4, 0.5) is 10.1 Å². The van der Waals surface area contributed by atoms with E-state index in [4.69, 9.17) is 4.52 Å². The first kappa shape index (κ1) is 20.5. The van der Waals surface area contributed by atoms with Crippen LogP contribution in [0, 0.1) is 15.9 Å². The average molecular weight is 450 g/mol. The van der Waals surface area contributed by atoms with Crippen LogP contribution in [0.1, 0.15) is 32.0 Å². The summed E-state index contributed by atoms with van der Waals surface area (Å²) in [5.41, 5.74) is 1.59. The van der Waals surface area contributed by atoms with Crippen molar-refractivity contribution in [2.24, 2.45) is 0 Å². The maximum absolute atomic E-state index is 13.3. The molecular weight excluding hydrogens is 435 g/mol. The third-order valence-electron chi connectivity index (χ3n) is 5.75. The van der Waals surface area contributed by atoms with Crippen molar-refractivity contribution >= 4 is 23.4 Å². The second-order valence-electron chi connectivity index (χ2n) is 7.69. The maximum Gasteiger partial charge on any atom is 0.270 e. The van der Waals surface area contributed by atoms with Gasteiger partial charge in [-0.15, -0.1) is 0 Å². The standard InChI is InChI=1S/C22H15FN4O6/c23-13-3-1-12(2-4-13)20-17-10-25(8-7-18(17)24-33-20)19(28)11-26-21(29)15-6-5-14(27(31)32)9-16(15)22(26)30/h1-6,9H,7-8,10-11H2. The molecule has 0 spiro atoms. The Morgan fingerprint density at radius 1 is 1.12 bits per heavy atom. The van der Waals surface area contributed by atoms with Crippen LogP contribution < -0.4 is 0 Å². The summed E-state index contributed by atoms with van der Waals surface area (Å²) in [6, 6.07) is 9.09. The van der Waals surface area contributed by atoms with Gasteiger partial charge in [-0.3, -0.25) is 29.4 Å². The molecule has 3 amide bonds. The van der Waals surface area contributed by atoms with Crippen molar-refractivity contribution < 1.29 is 28.2 Å². The number of imide groups is 1. The van der Waals surface area contributed by atoms with Crippen LogP contribution in [0.25, 0.3) is 11.3 Å². The molecule has 0 N–H and O–H groups in total. The van der Waals surface area contributed by atoms with Gasteiger partial charge in [-0.05, 0) is 30.3 Å². The summed E-state index contributed by atoms with van der Waals surface area (Å²) in [7, 11) is 0. The summed E-state index contributed by atoms with van der Waals surface area (Å²) in [5, 5.41) is 15.0. The van der Waals surface area contributed by atoms with Gasteiger partial charge in [0.25, 0.3) is 17.5 Å². The molecule has 3 aromatic rings. The highest BCUT2D eigenvalue weighted by atomic mass is 19.1. The highest BCUT2D eigenvalue weighted by Crippen LogP contribution is 2.31. The normalized spacial score (nSPS) is 14.9. The predicted molar refractivity (Wildman–Crippen MR) is 109 cm³/mol. The number of carbonyl (C=O) groups excluding carboxylic acids is 3. The second kappa shape index (κ2) is 7.62. The molecule has 3 heterocycles. The molecule has 11 heteroatoms. The summed E-state index contributed by atoms with van der Waals surface area (Å²) in [4.78, 5) is 50.9. The molecular formula is C22H15FN4O6. The molecule has 1 aromatic heterocycles.